The van der Waals surface area contributed by atoms with Crippen molar-refractivity contribution >= 4 is 5.69 Å². The lowest BCUT2D eigenvalue weighted by atomic mass is 10.2. The fourth-order valence-electron chi connectivity index (χ4n) is 2.11. The van der Waals surface area contributed by atoms with Crippen molar-refractivity contribution in [3.05, 3.63) is 24.0 Å². The fraction of sp³-hybridized carbons (Fsp3) is 0.583. The van der Waals surface area contributed by atoms with Gasteiger partial charge in [0.15, 0.2) is 0 Å². The number of hydrogen-bond acceptors (Lipinski definition) is 4. The van der Waals surface area contributed by atoms with E-state index in [0.29, 0.717) is 6.54 Å². The van der Waals surface area contributed by atoms with Crippen molar-refractivity contribution in [2.75, 3.05) is 24.5 Å². The molecule has 0 saturated carbocycles. The molecular weight excluding hydrogens is 202 g/mol. The summed E-state index contributed by atoms with van der Waals surface area (Å²) in [6, 6.07) is 4.14. The number of hydrogen-bond donors (Lipinski definition) is 1. The first-order chi connectivity index (χ1) is 7.69. The molecule has 2 atom stereocenters. The van der Waals surface area contributed by atoms with Crippen molar-refractivity contribution in [1.82, 2.24) is 4.98 Å². The van der Waals surface area contributed by atoms with Gasteiger partial charge in [0, 0.05) is 37.2 Å². The van der Waals surface area contributed by atoms with Crippen LogP contribution in [0.15, 0.2) is 18.3 Å². The van der Waals surface area contributed by atoms with Crippen LogP contribution in [-0.2, 0) is 4.74 Å². The van der Waals surface area contributed by atoms with Crippen molar-refractivity contribution < 1.29 is 4.74 Å². The maximum atomic E-state index is 5.74. The van der Waals surface area contributed by atoms with E-state index in [1.54, 1.807) is 0 Å². The number of aryl methyl sites for hydroxylation is 1. The van der Waals surface area contributed by atoms with Crippen molar-refractivity contribution in [3.63, 3.8) is 0 Å². The Morgan fingerprint density at radius 1 is 1.56 bits per heavy atom. The predicted molar refractivity (Wildman–Crippen MR) is 64.6 cm³/mol. The Hall–Kier alpha value is -1.13. The van der Waals surface area contributed by atoms with E-state index in [4.69, 9.17) is 10.5 Å². The van der Waals surface area contributed by atoms with Gasteiger partial charge < -0.3 is 15.4 Å². The van der Waals surface area contributed by atoms with Gasteiger partial charge in [0.1, 0.15) is 0 Å². The lowest BCUT2D eigenvalue weighted by Gasteiger charge is -2.37. The van der Waals surface area contributed by atoms with Gasteiger partial charge in [-0.15, -0.1) is 0 Å². The molecule has 1 aromatic heterocycles. The molecule has 2 heterocycles. The Morgan fingerprint density at radius 3 is 3.06 bits per heavy atom. The van der Waals surface area contributed by atoms with Crippen molar-refractivity contribution in [2.45, 2.75) is 26.1 Å². The summed E-state index contributed by atoms with van der Waals surface area (Å²) in [6.45, 7) is 6.45. The first-order valence-corrected chi connectivity index (χ1v) is 5.72. The van der Waals surface area contributed by atoms with E-state index in [2.05, 4.69) is 22.9 Å². The minimum atomic E-state index is 0.136. The molecule has 0 radical (unpaired) electrons. The Balaban J connectivity index is 2.14. The van der Waals surface area contributed by atoms with Crippen LogP contribution in [0.4, 0.5) is 5.69 Å². The summed E-state index contributed by atoms with van der Waals surface area (Å²) in [6.07, 6.45) is 2.22. The van der Waals surface area contributed by atoms with Crippen molar-refractivity contribution in [2.24, 2.45) is 5.73 Å². The molecule has 16 heavy (non-hydrogen) atoms. The largest absolute Gasteiger partial charge is 0.370 e. The quantitative estimate of drug-likeness (QED) is 0.807. The average molecular weight is 221 g/mol. The van der Waals surface area contributed by atoms with Gasteiger partial charge in [-0.3, -0.25) is 4.98 Å². The van der Waals surface area contributed by atoms with Gasteiger partial charge in [-0.05, 0) is 26.0 Å². The molecule has 0 spiro atoms. The zero-order valence-electron chi connectivity index (χ0n) is 9.89. The second kappa shape index (κ2) is 4.80. The number of morpholine rings is 1. The molecule has 2 N–H and O–H groups in total. The van der Waals surface area contributed by atoms with E-state index < -0.39 is 0 Å². The molecule has 2 unspecified atom stereocenters. The van der Waals surface area contributed by atoms with Crippen LogP contribution in [0.5, 0.6) is 0 Å². The number of nitrogens with zero attached hydrogens (tertiary/aromatic N) is 2. The smallest absolute Gasteiger partial charge is 0.0876 e. The summed E-state index contributed by atoms with van der Waals surface area (Å²) in [5, 5.41) is 0. The summed E-state index contributed by atoms with van der Waals surface area (Å²) in [5.74, 6) is 0. The van der Waals surface area contributed by atoms with Crippen LogP contribution >= 0.6 is 0 Å². The summed E-state index contributed by atoms with van der Waals surface area (Å²) in [4.78, 5) is 6.53. The maximum Gasteiger partial charge on any atom is 0.0876 e. The molecule has 1 aromatic rings. The Morgan fingerprint density at radius 2 is 2.38 bits per heavy atom. The monoisotopic (exact) mass is 221 g/mol. The lowest BCUT2D eigenvalue weighted by Crippen LogP contribution is -2.49. The molecule has 1 aliphatic rings. The Kier molecular flexibility index (Phi) is 3.41. The van der Waals surface area contributed by atoms with Gasteiger partial charge >= 0.3 is 0 Å². The van der Waals surface area contributed by atoms with Crippen LogP contribution < -0.4 is 10.6 Å². The molecule has 0 aromatic carbocycles. The average Bonchev–Trinajstić information content (AvgIpc) is 2.28. The van der Waals surface area contributed by atoms with Gasteiger partial charge in [0.05, 0.1) is 12.2 Å². The highest BCUT2D eigenvalue weighted by Gasteiger charge is 2.24. The van der Waals surface area contributed by atoms with E-state index in [-0.39, 0.29) is 12.2 Å². The van der Waals surface area contributed by atoms with Gasteiger partial charge in [0.2, 0.25) is 0 Å². The number of pyridine rings is 1. The minimum Gasteiger partial charge on any atom is -0.370 e. The van der Waals surface area contributed by atoms with E-state index in [0.717, 1.165) is 18.8 Å². The molecule has 1 saturated heterocycles. The molecular formula is C12H19N3O. The topological polar surface area (TPSA) is 51.4 Å². The van der Waals surface area contributed by atoms with Crippen LogP contribution in [0.2, 0.25) is 0 Å². The van der Waals surface area contributed by atoms with Gasteiger partial charge in [-0.2, -0.15) is 0 Å². The van der Waals surface area contributed by atoms with Crippen LogP contribution in [-0.4, -0.2) is 36.8 Å². The Labute approximate surface area is 96.4 Å². The Bertz CT molecular complexity index is 356. The highest BCUT2D eigenvalue weighted by molar-refractivity contribution is 5.47. The number of anilines is 1. The zero-order chi connectivity index (χ0) is 11.5. The van der Waals surface area contributed by atoms with E-state index >= 15 is 0 Å². The molecule has 0 aliphatic carbocycles. The number of nitrogens with two attached hydrogens (primary N) is 1. The van der Waals surface area contributed by atoms with Gasteiger partial charge in [0.25, 0.3) is 0 Å². The SMILES string of the molecule is Cc1cc(N2CC(C)OC(CN)C2)ccn1. The molecule has 0 bridgehead atoms. The zero-order valence-corrected chi connectivity index (χ0v) is 9.89. The molecule has 4 nitrogen and oxygen atoms in total. The third kappa shape index (κ3) is 2.51. The normalized spacial score (nSPS) is 25.8. The summed E-state index contributed by atoms with van der Waals surface area (Å²) >= 11 is 0. The van der Waals surface area contributed by atoms with Crippen LogP contribution in [0.3, 0.4) is 0 Å². The first-order valence-electron chi connectivity index (χ1n) is 5.72. The van der Waals surface area contributed by atoms with Crippen LogP contribution in [0, 0.1) is 6.92 Å². The van der Waals surface area contributed by atoms with E-state index in [1.807, 2.05) is 19.2 Å². The third-order valence-corrected chi connectivity index (χ3v) is 2.83. The predicted octanol–water partition coefficient (Wildman–Crippen LogP) is 0.942. The summed E-state index contributed by atoms with van der Waals surface area (Å²) in [7, 11) is 0. The van der Waals surface area contributed by atoms with Crippen molar-refractivity contribution in [1.29, 1.82) is 0 Å². The number of aromatic nitrogens is 1. The van der Waals surface area contributed by atoms with Gasteiger partial charge in [-0.25, -0.2) is 0 Å². The highest BCUT2D eigenvalue weighted by Crippen LogP contribution is 2.20. The summed E-state index contributed by atoms with van der Waals surface area (Å²) in [5.41, 5.74) is 7.92. The number of rotatable bonds is 2. The molecule has 2 rings (SSSR count). The molecule has 88 valence electrons. The second-order valence-electron chi connectivity index (χ2n) is 4.36. The number of ether oxygens (including phenoxy) is 1. The third-order valence-electron chi connectivity index (χ3n) is 2.83. The molecule has 4 heteroatoms. The van der Waals surface area contributed by atoms with Crippen LogP contribution in [0.1, 0.15) is 12.6 Å². The van der Waals surface area contributed by atoms with Crippen molar-refractivity contribution in [3.8, 4) is 0 Å². The second-order valence-corrected chi connectivity index (χ2v) is 4.36. The first kappa shape index (κ1) is 11.4. The maximum absolute atomic E-state index is 5.74. The molecule has 1 fully saturated rings. The fourth-order valence-corrected chi connectivity index (χ4v) is 2.11. The van der Waals surface area contributed by atoms with E-state index in [9.17, 15) is 0 Å². The van der Waals surface area contributed by atoms with E-state index in [1.165, 1.54) is 5.69 Å². The lowest BCUT2D eigenvalue weighted by molar-refractivity contribution is -0.0104. The highest BCUT2D eigenvalue weighted by atomic mass is 16.5. The minimum absolute atomic E-state index is 0.136. The molecule has 0 amide bonds. The summed E-state index contributed by atoms with van der Waals surface area (Å²) < 4.78 is 5.74. The van der Waals surface area contributed by atoms with Gasteiger partial charge in [-0.1, -0.05) is 0 Å². The van der Waals surface area contributed by atoms with Crippen LogP contribution in [0.25, 0.3) is 0 Å². The standard InChI is InChI=1S/C12H19N3O/c1-9-5-11(3-4-14-9)15-7-10(2)16-12(6-13)8-15/h3-5,10,12H,6-8,13H2,1-2H3. The molecule has 1 aliphatic heterocycles.